The Bertz CT molecular complexity index is 525. The van der Waals surface area contributed by atoms with E-state index < -0.39 is 23.9 Å². The Hall–Kier alpha value is -0.850. The van der Waals surface area contributed by atoms with Crippen LogP contribution >= 0.6 is 0 Å². The normalized spacial score (nSPS) is 56.7. The van der Waals surface area contributed by atoms with E-state index in [1.54, 1.807) is 0 Å². The highest BCUT2D eigenvalue weighted by Crippen LogP contribution is 2.60. The Labute approximate surface area is 129 Å². The molecule has 2 bridgehead atoms. The van der Waals surface area contributed by atoms with Crippen molar-refractivity contribution < 1.29 is 19.2 Å². The predicted octanol–water partition coefficient (Wildman–Crippen LogP) is 3.50. The fraction of sp³-hybridized carbons (Fsp3) is 1.00. The molecule has 7 heteroatoms. The van der Waals surface area contributed by atoms with Crippen molar-refractivity contribution in [3.05, 3.63) is 10.4 Å². The SMILES string of the molecule is C[C@H]1[C@@H](N=[N+]=[N-])O[C@@H]2O[C@@]3(C)CC[C@H]4[C@H](C)CC[C@@H]1[C@@]24OO3. The third-order valence-corrected chi connectivity index (χ3v) is 6.29. The first kappa shape index (κ1) is 14.7. The highest BCUT2D eigenvalue weighted by atomic mass is 17.3. The third kappa shape index (κ3) is 1.80. The lowest BCUT2D eigenvalue weighted by Crippen LogP contribution is -2.70. The first-order valence-electron chi connectivity index (χ1n) is 8.24. The summed E-state index contributed by atoms with van der Waals surface area (Å²) in [6.07, 6.45) is 2.92. The minimum atomic E-state index is -0.779. The summed E-state index contributed by atoms with van der Waals surface area (Å²) in [4.78, 5) is 14.7. The maximum Gasteiger partial charge on any atom is 0.201 e. The molecule has 0 N–H and O–H groups in total. The smallest absolute Gasteiger partial charge is 0.201 e. The number of ether oxygens (including phenoxy) is 2. The molecule has 1 saturated carbocycles. The second-order valence-corrected chi connectivity index (χ2v) is 7.50. The van der Waals surface area contributed by atoms with Gasteiger partial charge in [0.2, 0.25) is 5.79 Å². The van der Waals surface area contributed by atoms with Crippen LogP contribution in [-0.2, 0) is 19.2 Å². The topological polar surface area (TPSA) is 85.7 Å². The Morgan fingerprint density at radius 1 is 1.14 bits per heavy atom. The van der Waals surface area contributed by atoms with Crippen molar-refractivity contribution >= 4 is 0 Å². The van der Waals surface area contributed by atoms with Crippen LogP contribution in [0.25, 0.3) is 10.4 Å². The molecule has 0 aromatic heterocycles. The van der Waals surface area contributed by atoms with Gasteiger partial charge in [0.25, 0.3) is 0 Å². The molecule has 0 unspecified atom stereocenters. The quantitative estimate of drug-likeness (QED) is 0.321. The Kier molecular flexibility index (Phi) is 3.23. The maximum atomic E-state index is 8.82. The summed E-state index contributed by atoms with van der Waals surface area (Å²) < 4.78 is 12.2. The molecule has 4 aliphatic heterocycles. The van der Waals surface area contributed by atoms with Crippen LogP contribution in [-0.4, -0.2) is 23.9 Å². The lowest BCUT2D eigenvalue weighted by Gasteiger charge is -2.60. The van der Waals surface area contributed by atoms with Gasteiger partial charge in [-0.3, -0.25) is 0 Å². The van der Waals surface area contributed by atoms with Crippen LogP contribution in [0.15, 0.2) is 5.11 Å². The maximum absolute atomic E-state index is 8.82. The first-order chi connectivity index (χ1) is 10.5. The molecule has 1 spiro atoms. The average Bonchev–Trinajstić information content (AvgIpc) is 2.71. The molecule has 5 aliphatic rings. The van der Waals surface area contributed by atoms with Crippen molar-refractivity contribution in [1.82, 2.24) is 0 Å². The van der Waals surface area contributed by atoms with Crippen LogP contribution in [0.4, 0.5) is 0 Å². The summed E-state index contributed by atoms with van der Waals surface area (Å²) in [5.41, 5.74) is 8.24. The zero-order valence-corrected chi connectivity index (χ0v) is 13.3. The van der Waals surface area contributed by atoms with Crippen molar-refractivity contribution in [1.29, 1.82) is 0 Å². The lowest BCUT2D eigenvalue weighted by molar-refractivity contribution is -0.570. The molecule has 0 aromatic carbocycles. The lowest BCUT2D eigenvalue weighted by atomic mass is 9.58. The van der Waals surface area contributed by atoms with Crippen LogP contribution < -0.4 is 0 Å². The zero-order chi connectivity index (χ0) is 15.5. The molecule has 1 aliphatic carbocycles. The molecule has 0 aromatic rings. The van der Waals surface area contributed by atoms with Crippen molar-refractivity contribution in [2.75, 3.05) is 0 Å². The molecule has 4 saturated heterocycles. The number of hydrogen-bond donors (Lipinski definition) is 0. The third-order valence-electron chi connectivity index (χ3n) is 6.29. The van der Waals surface area contributed by atoms with E-state index in [0.717, 1.165) is 25.7 Å². The second-order valence-electron chi connectivity index (χ2n) is 7.50. The van der Waals surface area contributed by atoms with Crippen molar-refractivity contribution in [3.63, 3.8) is 0 Å². The molecule has 4 heterocycles. The van der Waals surface area contributed by atoms with Gasteiger partial charge in [0.05, 0.1) is 0 Å². The number of hydrogen-bond acceptors (Lipinski definition) is 5. The zero-order valence-electron chi connectivity index (χ0n) is 13.3. The van der Waals surface area contributed by atoms with E-state index in [4.69, 9.17) is 24.8 Å². The van der Waals surface area contributed by atoms with Crippen molar-refractivity contribution in [2.24, 2.45) is 28.8 Å². The predicted molar refractivity (Wildman–Crippen MR) is 76.0 cm³/mol. The van der Waals surface area contributed by atoms with Crippen LogP contribution in [0.1, 0.15) is 46.5 Å². The van der Waals surface area contributed by atoms with E-state index in [-0.39, 0.29) is 11.8 Å². The van der Waals surface area contributed by atoms with Gasteiger partial charge in [-0.25, -0.2) is 9.78 Å². The molecular formula is C15H23N3O4. The highest BCUT2D eigenvalue weighted by Gasteiger charge is 2.69. The molecule has 0 radical (unpaired) electrons. The van der Waals surface area contributed by atoms with E-state index in [9.17, 15) is 0 Å². The molecule has 5 fully saturated rings. The van der Waals surface area contributed by atoms with Gasteiger partial charge in [-0.1, -0.05) is 19.0 Å². The summed E-state index contributed by atoms with van der Waals surface area (Å²) in [7, 11) is 0. The standard InChI is InChI=1S/C15H23N3O4/c1-8-4-5-11-9(2)12(17-18-16)19-13-15(11)10(8)6-7-14(3,20-13)21-22-15/h8-13H,4-7H2,1-3H3/t8-,9-,10+,11+,12+,13-,14-,15-/m1/s1. The van der Waals surface area contributed by atoms with Gasteiger partial charge < -0.3 is 9.47 Å². The minimum absolute atomic E-state index is 0.0804. The summed E-state index contributed by atoms with van der Waals surface area (Å²) in [5.74, 6) is 0.398. The Morgan fingerprint density at radius 2 is 1.95 bits per heavy atom. The number of azide groups is 1. The van der Waals surface area contributed by atoms with Crippen molar-refractivity contribution in [3.8, 4) is 0 Å². The van der Waals surface area contributed by atoms with Gasteiger partial charge >= 0.3 is 0 Å². The summed E-state index contributed by atoms with van der Waals surface area (Å²) in [6.45, 7) is 6.24. The summed E-state index contributed by atoms with van der Waals surface area (Å²) in [6, 6.07) is 0. The molecule has 7 nitrogen and oxygen atoms in total. The highest BCUT2D eigenvalue weighted by molar-refractivity contribution is 5.09. The van der Waals surface area contributed by atoms with Gasteiger partial charge in [-0.15, -0.1) is 0 Å². The van der Waals surface area contributed by atoms with E-state index in [2.05, 4.69) is 23.9 Å². The molecular weight excluding hydrogens is 286 g/mol. The number of rotatable bonds is 1. The largest absolute Gasteiger partial charge is 0.340 e. The van der Waals surface area contributed by atoms with Gasteiger partial charge in [0, 0.05) is 17.3 Å². The van der Waals surface area contributed by atoms with Gasteiger partial charge in [-0.2, -0.15) is 0 Å². The van der Waals surface area contributed by atoms with E-state index >= 15 is 0 Å². The number of fused-ring (bicyclic) bond motifs is 2. The Morgan fingerprint density at radius 3 is 2.73 bits per heavy atom. The summed E-state index contributed by atoms with van der Waals surface area (Å²) >= 11 is 0. The molecule has 22 heavy (non-hydrogen) atoms. The first-order valence-corrected chi connectivity index (χ1v) is 8.24. The Balaban J connectivity index is 1.80. The van der Waals surface area contributed by atoms with Crippen LogP contribution in [0.2, 0.25) is 0 Å². The molecule has 8 atom stereocenters. The van der Waals surface area contributed by atoms with Gasteiger partial charge in [-0.05, 0) is 49.5 Å². The van der Waals surface area contributed by atoms with Gasteiger partial charge in [0.1, 0.15) is 6.23 Å². The van der Waals surface area contributed by atoms with E-state index in [1.807, 2.05) is 6.92 Å². The van der Waals surface area contributed by atoms with Crippen LogP contribution in [0.5, 0.6) is 0 Å². The fourth-order valence-electron chi connectivity index (χ4n) is 5.07. The number of nitrogens with zero attached hydrogens (tertiary/aromatic N) is 3. The average molecular weight is 309 g/mol. The van der Waals surface area contributed by atoms with Crippen molar-refractivity contribution in [2.45, 2.75) is 70.4 Å². The molecule has 5 rings (SSSR count). The fourth-order valence-corrected chi connectivity index (χ4v) is 5.07. The van der Waals surface area contributed by atoms with Crippen LogP contribution in [0.3, 0.4) is 0 Å². The monoisotopic (exact) mass is 309 g/mol. The minimum Gasteiger partial charge on any atom is -0.340 e. The second kappa shape index (κ2) is 4.82. The molecule has 0 amide bonds. The summed E-state index contributed by atoms with van der Waals surface area (Å²) in [5, 5.41) is 3.84. The van der Waals surface area contributed by atoms with E-state index in [0.29, 0.717) is 11.8 Å². The van der Waals surface area contributed by atoms with Gasteiger partial charge in [0.15, 0.2) is 11.9 Å². The van der Waals surface area contributed by atoms with Crippen LogP contribution in [0, 0.1) is 23.7 Å². The molecule has 122 valence electrons. The van der Waals surface area contributed by atoms with E-state index in [1.165, 1.54) is 0 Å².